The van der Waals surface area contributed by atoms with Crippen LogP contribution in [0, 0.1) is 0 Å². The monoisotopic (exact) mass is 219 g/mol. The van der Waals surface area contributed by atoms with Crippen molar-refractivity contribution in [3.8, 4) is 0 Å². The standard InChI is InChI=1S/C13H21N3/c1-11(13-7-3-4-9-15-13)16(2)12-6-5-8-14-10-12/h3-4,7,9,11-12,14H,5-6,8,10H2,1-2H3. The number of nitrogens with one attached hydrogen (secondary N) is 1. The minimum absolute atomic E-state index is 0.395. The van der Waals surface area contributed by atoms with Crippen molar-refractivity contribution in [1.82, 2.24) is 15.2 Å². The maximum Gasteiger partial charge on any atom is 0.0572 e. The van der Waals surface area contributed by atoms with E-state index in [4.69, 9.17) is 0 Å². The lowest BCUT2D eigenvalue weighted by atomic mass is 10.0. The summed E-state index contributed by atoms with van der Waals surface area (Å²) < 4.78 is 0. The van der Waals surface area contributed by atoms with E-state index in [1.165, 1.54) is 19.4 Å². The lowest BCUT2D eigenvalue weighted by Crippen LogP contribution is -2.45. The van der Waals surface area contributed by atoms with Gasteiger partial charge in [0.1, 0.15) is 0 Å². The topological polar surface area (TPSA) is 28.2 Å². The molecule has 16 heavy (non-hydrogen) atoms. The molecular weight excluding hydrogens is 198 g/mol. The van der Waals surface area contributed by atoms with E-state index in [2.05, 4.69) is 41.3 Å². The molecule has 0 spiro atoms. The van der Waals surface area contributed by atoms with Crippen LogP contribution in [0.2, 0.25) is 0 Å². The molecule has 0 bridgehead atoms. The Labute approximate surface area is 97.9 Å². The molecule has 0 aliphatic carbocycles. The van der Waals surface area contributed by atoms with Gasteiger partial charge in [-0.1, -0.05) is 6.07 Å². The SMILES string of the molecule is CC(c1ccccn1)N(C)C1CCCNC1. The van der Waals surface area contributed by atoms with Crippen molar-refractivity contribution < 1.29 is 0 Å². The van der Waals surface area contributed by atoms with Crippen LogP contribution in [0.5, 0.6) is 0 Å². The predicted molar refractivity (Wildman–Crippen MR) is 66.3 cm³/mol. The summed E-state index contributed by atoms with van der Waals surface area (Å²) in [6.45, 7) is 4.51. The van der Waals surface area contributed by atoms with E-state index in [0.29, 0.717) is 12.1 Å². The first-order valence-corrected chi connectivity index (χ1v) is 6.12. The normalized spacial score (nSPS) is 23.3. The zero-order valence-electron chi connectivity index (χ0n) is 10.2. The molecule has 0 radical (unpaired) electrons. The summed E-state index contributed by atoms with van der Waals surface area (Å²) in [6.07, 6.45) is 4.45. The first kappa shape index (κ1) is 11.6. The zero-order valence-corrected chi connectivity index (χ0v) is 10.2. The molecule has 2 rings (SSSR count). The van der Waals surface area contributed by atoms with Crippen LogP contribution in [-0.4, -0.2) is 36.1 Å². The second-order valence-electron chi connectivity index (χ2n) is 4.60. The Hall–Kier alpha value is -0.930. The second-order valence-corrected chi connectivity index (χ2v) is 4.60. The van der Waals surface area contributed by atoms with Crippen molar-refractivity contribution in [2.75, 3.05) is 20.1 Å². The number of pyridine rings is 1. The van der Waals surface area contributed by atoms with Gasteiger partial charge in [0.05, 0.1) is 5.69 Å². The molecule has 1 aliphatic heterocycles. The number of hydrogen-bond donors (Lipinski definition) is 1. The van der Waals surface area contributed by atoms with Gasteiger partial charge in [-0.2, -0.15) is 0 Å². The summed E-state index contributed by atoms with van der Waals surface area (Å²) in [5.74, 6) is 0. The molecule has 0 amide bonds. The maximum absolute atomic E-state index is 4.43. The first-order valence-electron chi connectivity index (χ1n) is 6.12. The summed E-state index contributed by atoms with van der Waals surface area (Å²) in [7, 11) is 2.21. The molecule has 0 saturated carbocycles. The van der Waals surface area contributed by atoms with Crippen LogP contribution in [0.25, 0.3) is 0 Å². The molecule has 1 aromatic heterocycles. The van der Waals surface area contributed by atoms with Gasteiger partial charge < -0.3 is 5.32 Å². The molecule has 1 aliphatic rings. The minimum atomic E-state index is 0.395. The molecule has 2 atom stereocenters. The Morgan fingerprint density at radius 3 is 3.00 bits per heavy atom. The Bertz CT molecular complexity index is 306. The summed E-state index contributed by atoms with van der Waals surface area (Å²) >= 11 is 0. The van der Waals surface area contributed by atoms with E-state index < -0.39 is 0 Å². The van der Waals surface area contributed by atoms with Crippen molar-refractivity contribution in [2.45, 2.75) is 31.8 Å². The number of nitrogens with zero attached hydrogens (tertiary/aromatic N) is 2. The van der Waals surface area contributed by atoms with Gasteiger partial charge in [-0.25, -0.2) is 0 Å². The molecule has 2 heterocycles. The fraction of sp³-hybridized carbons (Fsp3) is 0.615. The molecular formula is C13H21N3. The second kappa shape index (κ2) is 5.41. The largest absolute Gasteiger partial charge is 0.315 e. The molecule has 3 heteroatoms. The summed E-state index contributed by atoms with van der Waals surface area (Å²) in [6, 6.07) is 7.18. The minimum Gasteiger partial charge on any atom is -0.315 e. The fourth-order valence-electron chi connectivity index (χ4n) is 2.33. The highest BCUT2D eigenvalue weighted by Crippen LogP contribution is 2.21. The number of aromatic nitrogens is 1. The zero-order chi connectivity index (χ0) is 11.4. The summed E-state index contributed by atoms with van der Waals surface area (Å²) in [5.41, 5.74) is 1.16. The van der Waals surface area contributed by atoms with E-state index in [1.54, 1.807) is 0 Å². The molecule has 1 saturated heterocycles. The van der Waals surface area contributed by atoms with Crippen LogP contribution in [0.1, 0.15) is 31.5 Å². The van der Waals surface area contributed by atoms with E-state index in [-0.39, 0.29) is 0 Å². The number of hydrogen-bond acceptors (Lipinski definition) is 3. The summed E-state index contributed by atoms with van der Waals surface area (Å²) in [4.78, 5) is 6.87. The Morgan fingerprint density at radius 1 is 1.50 bits per heavy atom. The van der Waals surface area contributed by atoms with Crippen molar-refractivity contribution >= 4 is 0 Å². The van der Waals surface area contributed by atoms with Crippen molar-refractivity contribution in [3.05, 3.63) is 30.1 Å². The predicted octanol–water partition coefficient (Wildman–Crippen LogP) is 1.83. The Kier molecular flexibility index (Phi) is 3.91. The van der Waals surface area contributed by atoms with Crippen molar-refractivity contribution in [2.24, 2.45) is 0 Å². The average molecular weight is 219 g/mol. The average Bonchev–Trinajstić information content (AvgIpc) is 2.39. The molecule has 0 aromatic carbocycles. The van der Waals surface area contributed by atoms with Crippen molar-refractivity contribution in [3.63, 3.8) is 0 Å². The third-order valence-electron chi connectivity index (χ3n) is 3.57. The number of rotatable bonds is 3. The molecule has 1 aromatic rings. The van der Waals surface area contributed by atoms with Gasteiger partial charge in [-0.15, -0.1) is 0 Å². The van der Waals surface area contributed by atoms with Gasteiger partial charge in [0, 0.05) is 24.8 Å². The highest BCUT2D eigenvalue weighted by molar-refractivity contribution is 5.08. The van der Waals surface area contributed by atoms with Gasteiger partial charge in [0.25, 0.3) is 0 Å². The first-order chi connectivity index (χ1) is 7.79. The van der Waals surface area contributed by atoms with Crippen LogP contribution in [0.4, 0.5) is 0 Å². The third kappa shape index (κ3) is 2.60. The Balaban J connectivity index is 2.00. The van der Waals surface area contributed by atoms with Gasteiger partial charge in [-0.05, 0) is 45.5 Å². The quantitative estimate of drug-likeness (QED) is 0.840. The van der Waals surface area contributed by atoms with E-state index in [9.17, 15) is 0 Å². The van der Waals surface area contributed by atoms with Gasteiger partial charge in [0.15, 0.2) is 0 Å². The van der Waals surface area contributed by atoms with Crippen LogP contribution in [-0.2, 0) is 0 Å². The van der Waals surface area contributed by atoms with Crippen LogP contribution in [0.15, 0.2) is 24.4 Å². The molecule has 1 N–H and O–H groups in total. The molecule has 1 fully saturated rings. The Morgan fingerprint density at radius 2 is 2.38 bits per heavy atom. The van der Waals surface area contributed by atoms with Crippen LogP contribution < -0.4 is 5.32 Å². The van der Waals surface area contributed by atoms with Gasteiger partial charge in [-0.3, -0.25) is 9.88 Å². The van der Waals surface area contributed by atoms with Crippen molar-refractivity contribution in [1.29, 1.82) is 0 Å². The lowest BCUT2D eigenvalue weighted by Gasteiger charge is -2.35. The number of likely N-dealkylation sites (N-methyl/N-ethyl adjacent to an activating group) is 1. The fourth-order valence-corrected chi connectivity index (χ4v) is 2.33. The smallest absolute Gasteiger partial charge is 0.0572 e. The highest BCUT2D eigenvalue weighted by Gasteiger charge is 2.22. The van der Waals surface area contributed by atoms with Gasteiger partial charge >= 0.3 is 0 Å². The van der Waals surface area contributed by atoms with Crippen LogP contribution in [0.3, 0.4) is 0 Å². The van der Waals surface area contributed by atoms with E-state index in [0.717, 1.165) is 12.2 Å². The number of piperidine rings is 1. The van der Waals surface area contributed by atoms with E-state index in [1.807, 2.05) is 12.3 Å². The molecule has 88 valence electrons. The van der Waals surface area contributed by atoms with Gasteiger partial charge in [0.2, 0.25) is 0 Å². The van der Waals surface area contributed by atoms with E-state index >= 15 is 0 Å². The third-order valence-corrected chi connectivity index (χ3v) is 3.57. The lowest BCUT2D eigenvalue weighted by molar-refractivity contribution is 0.154. The highest BCUT2D eigenvalue weighted by atomic mass is 15.2. The van der Waals surface area contributed by atoms with Crippen LogP contribution >= 0.6 is 0 Å². The molecule has 2 unspecified atom stereocenters. The summed E-state index contributed by atoms with van der Waals surface area (Å²) in [5, 5.41) is 3.46. The molecule has 3 nitrogen and oxygen atoms in total. The maximum atomic E-state index is 4.43.